The largest absolute Gasteiger partial charge is 0.297 e. The molecule has 0 saturated carbocycles. The van der Waals surface area contributed by atoms with Crippen LogP contribution in [0, 0.1) is 5.92 Å². The molecule has 4 aliphatic rings. The van der Waals surface area contributed by atoms with Gasteiger partial charge in [0.15, 0.2) is 0 Å². The minimum absolute atomic E-state index is 0.117. The first kappa shape index (κ1) is 16.4. The molecule has 0 N–H and O–H groups in total. The highest BCUT2D eigenvalue weighted by molar-refractivity contribution is 7.86. The summed E-state index contributed by atoms with van der Waals surface area (Å²) in [6.07, 6.45) is 7.82. The van der Waals surface area contributed by atoms with Crippen molar-refractivity contribution in [3.63, 3.8) is 0 Å². The van der Waals surface area contributed by atoms with Gasteiger partial charge in [0.2, 0.25) is 0 Å². The van der Waals surface area contributed by atoms with E-state index in [9.17, 15) is 8.42 Å². The predicted octanol–water partition coefficient (Wildman–Crippen LogP) is 1.32. The van der Waals surface area contributed by atoms with Crippen LogP contribution in [0.2, 0.25) is 0 Å². The Morgan fingerprint density at radius 1 is 1.12 bits per heavy atom. The summed E-state index contributed by atoms with van der Waals surface area (Å²) in [5.41, 5.74) is 1.20. The number of pyridine rings is 1. The lowest BCUT2D eigenvalue weighted by molar-refractivity contribution is 0.213. The first-order chi connectivity index (χ1) is 11.6. The van der Waals surface area contributed by atoms with Crippen LogP contribution in [-0.2, 0) is 16.8 Å². The first-order valence-electron chi connectivity index (χ1n) is 9.01. The maximum absolute atomic E-state index is 13.0. The summed E-state index contributed by atoms with van der Waals surface area (Å²) < 4.78 is 29.5. The average molecular weight is 350 g/mol. The van der Waals surface area contributed by atoms with Crippen molar-refractivity contribution in [3.05, 3.63) is 30.1 Å². The molecule has 1 aromatic heterocycles. The lowest BCUT2D eigenvalue weighted by Gasteiger charge is -2.37. The summed E-state index contributed by atoms with van der Waals surface area (Å²) in [4.78, 5) is 6.61. The van der Waals surface area contributed by atoms with Crippen LogP contribution in [0.4, 0.5) is 0 Å². The van der Waals surface area contributed by atoms with Crippen molar-refractivity contribution in [2.75, 3.05) is 32.7 Å². The molecule has 0 radical (unpaired) electrons. The van der Waals surface area contributed by atoms with E-state index in [1.807, 2.05) is 16.6 Å². The van der Waals surface area contributed by atoms with Crippen molar-refractivity contribution >= 4 is 10.2 Å². The van der Waals surface area contributed by atoms with Crippen molar-refractivity contribution in [1.29, 1.82) is 0 Å². The second kappa shape index (κ2) is 6.71. The van der Waals surface area contributed by atoms with E-state index in [2.05, 4.69) is 16.0 Å². The molecule has 7 heteroatoms. The van der Waals surface area contributed by atoms with E-state index in [0.717, 1.165) is 45.3 Å². The lowest BCUT2D eigenvalue weighted by atomic mass is 9.97. The van der Waals surface area contributed by atoms with Crippen LogP contribution in [0.25, 0.3) is 0 Å². The Morgan fingerprint density at radius 3 is 2.71 bits per heavy atom. The van der Waals surface area contributed by atoms with Gasteiger partial charge < -0.3 is 0 Å². The Hall–Kier alpha value is -1.02. The Balaban J connectivity index is 1.50. The number of hydrogen-bond donors (Lipinski definition) is 0. The van der Waals surface area contributed by atoms with Gasteiger partial charge in [-0.05, 0) is 43.2 Å². The molecule has 5 heterocycles. The fourth-order valence-electron chi connectivity index (χ4n) is 4.36. The van der Waals surface area contributed by atoms with Gasteiger partial charge in [0.25, 0.3) is 10.2 Å². The van der Waals surface area contributed by atoms with Crippen molar-refractivity contribution in [1.82, 2.24) is 18.5 Å². The molecule has 4 saturated heterocycles. The Kier molecular flexibility index (Phi) is 4.60. The summed E-state index contributed by atoms with van der Waals surface area (Å²) in [6.45, 7) is 4.74. The van der Waals surface area contributed by atoms with E-state index < -0.39 is 10.2 Å². The summed E-state index contributed by atoms with van der Waals surface area (Å²) in [7, 11) is -3.28. The normalized spacial score (nSPS) is 29.8. The highest BCUT2D eigenvalue weighted by atomic mass is 32.2. The zero-order valence-electron chi connectivity index (χ0n) is 14.0. The quantitative estimate of drug-likeness (QED) is 0.822. The summed E-state index contributed by atoms with van der Waals surface area (Å²) in [5.74, 6) is 0.442. The molecule has 0 amide bonds. The van der Waals surface area contributed by atoms with Crippen LogP contribution in [0.3, 0.4) is 0 Å². The fourth-order valence-corrected chi connectivity index (χ4v) is 6.33. The third-order valence-electron chi connectivity index (χ3n) is 5.56. The van der Waals surface area contributed by atoms with E-state index >= 15 is 0 Å². The van der Waals surface area contributed by atoms with Gasteiger partial charge in [-0.1, -0.05) is 6.07 Å². The molecule has 2 bridgehead atoms. The van der Waals surface area contributed by atoms with Crippen molar-refractivity contribution < 1.29 is 8.42 Å². The molecular formula is C17H26N4O2S. The van der Waals surface area contributed by atoms with Crippen molar-refractivity contribution in [2.24, 2.45) is 5.92 Å². The van der Waals surface area contributed by atoms with E-state index in [0.29, 0.717) is 25.6 Å². The molecule has 0 aliphatic carbocycles. The van der Waals surface area contributed by atoms with Gasteiger partial charge >= 0.3 is 0 Å². The fraction of sp³-hybridized carbons (Fsp3) is 0.706. The highest BCUT2D eigenvalue weighted by Crippen LogP contribution is 2.32. The van der Waals surface area contributed by atoms with Crippen LogP contribution in [-0.4, -0.2) is 65.7 Å². The van der Waals surface area contributed by atoms with Crippen molar-refractivity contribution in [3.8, 4) is 0 Å². The van der Waals surface area contributed by atoms with E-state index in [-0.39, 0.29) is 6.04 Å². The Bertz CT molecular complexity index is 660. The number of aromatic nitrogens is 1. The van der Waals surface area contributed by atoms with Crippen LogP contribution < -0.4 is 0 Å². The number of fused-ring (bicyclic) bond motifs is 4. The van der Waals surface area contributed by atoms with Gasteiger partial charge in [-0.15, -0.1) is 0 Å². The predicted molar refractivity (Wildman–Crippen MR) is 92.5 cm³/mol. The van der Waals surface area contributed by atoms with Crippen molar-refractivity contribution in [2.45, 2.75) is 38.3 Å². The molecule has 0 unspecified atom stereocenters. The van der Waals surface area contributed by atoms with Gasteiger partial charge in [0.1, 0.15) is 0 Å². The molecular weight excluding hydrogens is 324 g/mol. The number of hydrogen-bond acceptors (Lipinski definition) is 4. The first-order valence-corrected chi connectivity index (χ1v) is 10.4. The molecule has 6 nitrogen and oxygen atoms in total. The van der Waals surface area contributed by atoms with Gasteiger partial charge in [-0.25, -0.2) is 0 Å². The van der Waals surface area contributed by atoms with Gasteiger partial charge in [-0.3, -0.25) is 9.88 Å². The second-order valence-electron chi connectivity index (χ2n) is 7.34. The van der Waals surface area contributed by atoms with Gasteiger partial charge in [0, 0.05) is 57.7 Å². The molecule has 5 rings (SSSR count). The highest BCUT2D eigenvalue weighted by Gasteiger charge is 2.43. The number of rotatable bonds is 4. The van der Waals surface area contributed by atoms with E-state index in [4.69, 9.17) is 0 Å². The number of piperidine rings is 1. The Morgan fingerprint density at radius 2 is 1.96 bits per heavy atom. The third-order valence-corrected chi connectivity index (χ3v) is 7.61. The molecule has 4 aliphatic heterocycles. The van der Waals surface area contributed by atoms with Gasteiger partial charge in [0.05, 0.1) is 0 Å². The standard InChI is InChI=1S/C17H26N4O2S/c22-24(23,20-8-1-2-9-20)21-13-16-5-6-17(21)14-19(12-16)11-15-4-3-7-18-10-15/h3-4,7,10,16-17H,1-2,5-6,8-9,11-14H2/t16-,17+/m0/s1. The Labute approximate surface area is 144 Å². The van der Waals surface area contributed by atoms with E-state index in [1.165, 1.54) is 5.56 Å². The topological polar surface area (TPSA) is 56.8 Å². The molecule has 132 valence electrons. The smallest absolute Gasteiger partial charge is 0.282 e. The van der Waals surface area contributed by atoms with Crippen LogP contribution in [0.15, 0.2) is 24.5 Å². The van der Waals surface area contributed by atoms with Crippen LogP contribution >= 0.6 is 0 Å². The minimum atomic E-state index is -3.28. The zero-order valence-corrected chi connectivity index (χ0v) is 14.9. The summed E-state index contributed by atoms with van der Waals surface area (Å²) in [6, 6.07) is 4.18. The third kappa shape index (κ3) is 3.22. The van der Waals surface area contributed by atoms with Gasteiger partial charge in [-0.2, -0.15) is 17.0 Å². The molecule has 0 spiro atoms. The maximum atomic E-state index is 13.0. The summed E-state index contributed by atoms with van der Waals surface area (Å²) in [5, 5.41) is 0. The molecule has 4 fully saturated rings. The average Bonchev–Trinajstić information content (AvgIpc) is 3.00. The number of nitrogens with zero attached hydrogens (tertiary/aromatic N) is 4. The SMILES string of the molecule is O=S(=O)(N1CCCC1)N1C[C@H]2CC[C@@H]1CN(Cc1cccnc1)C2. The molecule has 2 atom stereocenters. The zero-order chi connectivity index (χ0) is 16.6. The van der Waals surface area contributed by atoms with Crippen LogP contribution in [0.1, 0.15) is 31.2 Å². The van der Waals surface area contributed by atoms with E-state index in [1.54, 1.807) is 10.5 Å². The summed E-state index contributed by atoms with van der Waals surface area (Å²) >= 11 is 0. The molecule has 24 heavy (non-hydrogen) atoms. The van der Waals surface area contributed by atoms with Crippen LogP contribution in [0.5, 0.6) is 0 Å². The molecule has 1 aromatic rings. The second-order valence-corrected chi connectivity index (χ2v) is 9.22. The molecule has 0 aromatic carbocycles. The monoisotopic (exact) mass is 350 g/mol. The maximum Gasteiger partial charge on any atom is 0.282 e. The minimum Gasteiger partial charge on any atom is -0.297 e. The lowest BCUT2D eigenvalue weighted by Crippen LogP contribution is -2.52.